The number of ether oxygens (including phenoxy) is 1. The van der Waals surface area contributed by atoms with Gasteiger partial charge in [-0.2, -0.15) is 0 Å². The predicted molar refractivity (Wildman–Crippen MR) is 70.3 cm³/mol. The van der Waals surface area contributed by atoms with Gasteiger partial charge in [0.1, 0.15) is 11.6 Å². The molecule has 1 aromatic carbocycles. The first-order valence-corrected chi connectivity index (χ1v) is 5.71. The standard InChI is InChI=1S/C14H16N2O2/c1-3-16-9-8-15-14(16)10-13(17)11-4-6-12(18-2)7-5-11/h3-9,13,17H,1,10H2,2H3/t13-/m0/s1. The van der Waals surface area contributed by atoms with Crippen LogP contribution >= 0.6 is 0 Å². The zero-order valence-corrected chi connectivity index (χ0v) is 10.3. The molecule has 0 radical (unpaired) electrons. The molecule has 1 aromatic heterocycles. The first-order valence-electron chi connectivity index (χ1n) is 5.71. The van der Waals surface area contributed by atoms with Gasteiger partial charge in [-0.25, -0.2) is 4.98 Å². The summed E-state index contributed by atoms with van der Waals surface area (Å²) in [6.07, 6.45) is 5.03. The van der Waals surface area contributed by atoms with E-state index in [1.807, 2.05) is 30.5 Å². The lowest BCUT2D eigenvalue weighted by Crippen LogP contribution is -2.06. The van der Waals surface area contributed by atoms with Crippen LogP contribution in [0.5, 0.6) is 5.75 Å². The fraction of sp³-hybridized carbons (Fsp3) is 0.214. The molecule has 1 atom stereocenters. The lowest BCUT2D eigenvalue weighted by molar-refractivity contribution is 0.175. The molecule has 18 heavy (non-hydrogen) atoms. The number of aromatic nitrogens is 2. The van der Waals surface area contributed by atoms with Crippen molar-refractivity contribution in [1.82, 2.24) is 9.55 Å². The summed E-state index contributed by atoms with van der Waals surface area (Å²) in [6.45, 7) is 3.69. The molecule has 2 aromatic rings. The lowest BCUT2D eigenvalue weighted by atomic mass is 10.1. The topological polar surface area (TPSA) is 47.3 Å². The zero-order chi connectivity index (χ0) is 13.0. The number of rotatable bonds is 5. The maximum Gasteiger partial charge on any atom is 0.118 e. The van der Waals surface area contributed by atoms with E-state index in [0.717, 1.165) is 17.1 Å². The number of aliphatic hydroxyl groups excluding tert-OH is 1. The Morgan fingerprint density at radius 2 is 2.17 bits per heavy atom. The van der Waals surface area contributed by atoms with Crippen molar-refractivity contribution in [1.29, 1.82) is 0 Å². The van der Waals surface area contributed by atoms with E-state index >= 15 is 0 Å². The molecule has 0 spiro atoms. The Morgan fingerprint density at radius 1 is 1.44 bits per heavy atom. The number of imidazole rings is 1. The van der Waals surface area contributed by atoms with Gasteiger partial charge in [0.25, 0.3) is 0 Å². The Labute approximate surface area is 106 Å². The Hall–Kier alpha value is -2.07. The average molecular weight is 244 g/mol. The molecule has 0 amide bonds. The van der Waals surface area contributed by atoms with Crippen LogP contribution in [-0.2, 0) is 6.42 Å². The summed E-state index contributed by atoms with van der Waals surface area (Å²) in [5.74, 6) is 1.56. The van der Waals surface area contributed by atoms with Gasteiger partial charge in [0, 0.05) is 25.0 Å². The summed E-state index contributed by atoms with van der Waals surface area (Å²) in [5.41, 5.74) is 0.842. The Bertz CT molecular complexity index is 517. The summed E-state index contributed by atoms with van der Waals surface area (Å²) in [6, 6.07) is 7.37. The monoisotopic (exact) mass is 244 g/mol. The maximum absolute atomic E-state index is 10.1. The first-order chi connectivity index (χ1) is 8.74. The number of hydrogen-bond donors (Lipinski definition) is 1. The molecule has 1 heterocycles. The second-order valence-electron chi connectivity index (χ2n) is 3.93. The summed E-state index contributed by atoms with van der Waals surface area (Å²) in [4.78, 5) is 4.19. The Balaban J connectivity index is 2.11. The van der Waals surface area contributed by atoms with Crippen LogP contribution in [0.4, 0.5) is 0 Å². The summed E-state index contributed by atoms with van der Waals surface area (Å²) in [7, 11) is 1.62. The third-order valence-electron chi connectivity index (χ3n) is 2.82. The maximum atomic E-state index is 10.1. The number of methoxy groups -OCH3 is 1. The Morgan fingerprint density at radius 3 is 2.78 bits per heavy atom. The normalized spacial score (nSPS) is 12.1. The summed E-state index contributed by atoms with van der Waals surface area (Å²) in [5, 5.41) is 10.1. The van der Waals surface area contributed by atoms with E-state index in [9.17, 15) is 5.11 Å². The van der Waals surface area contributed by atoms with E-state index < -0.39 is 6.10 Å². The van der Waals surface area contributed by atoms with Crippen molar-refractivity contribution in [3.8, 4) is 5.75 Å². The smallest absolute Gasteiger partial charge is 0.118 e. The third kappa shape index (κ3) is 2.60. The molecule has 0 unspecified atom stereocenters. The van der Waals surface area contributed by atoms with Gasteiger partial charge in [-0.1, -0.05) is 18.7 Å². The zero-order valence-electron chi connectivity index (χ0n) is 10.3. The van der Waals surface area contributed by atoms with E-state index in [1.54, 1.807) is 24.1 Å². The fourth-order valence-electron chi connectivity index (χ4n) is 1.79. The second kappa shape index (κ2) is 5.51. The highest BCUT2D eigenvalue weighted by Crippen LogP contribution is 2.20. The summed E-state index contributed by atoms with van der Waals surface area (Å²) < 4.78 is 6.88. The van der Waals surface area contributed by atoms with Crippen LogP contribution in [0.3, 0.4) is 0 Å². The van der Waals surface area contributed by atoms with Gasteiger partial charge in [-0.3, -0.25) is 0 Å². The largest absolute Gasteiger partial charge is 0.497 e. The number of hydrogen-bond acceptors (Lipinski definition) is 3. The number of benzene rings is 1. The Kier molecular flexibility index (Phi) is 3.79. The predicted octanol–water partition coefficient (Wildman–Crippen LogP) is 2.27. The van der Waals surface area contributed by atoms with Crippen molar-refractivity contribution in [2.75, 3.05) is 7.11 Å². The van der Waals surface area contributed by atoms with Crippen LogP contribution in [0.25, 0.3) is 6.20 Å². The molecule has 0 aliphatic carbocycles. The van der Waals surface area contributed by atoms with Crippen LogP contribution in [0.2, 0.25) is 0 Å². The molecule has 4 nitrogen and oxygen atoms in total. The molecule has 0 aliphatic rings. The molecule has 1 N–H and O–H groups in total. The first kappa shape index (κ1) is 12.4. The minimum absolute atomic E-state index is 0.450. The molecule has 2 rings (SSSR count). The molecule has 0 fully saturated rings. The van der Waals surface area contributed by atoms with E-state index in [2.05, 4.69) is 11.6 Å². The lowest BCUT2D eigenvalue weighted by Gasteiger charge is -2.11. The minimum atomic E-state index is -0.586. The van der Waals surface area contributed by atoms with E-state index in [4.69, 9.17) is 4.74 Å². The van der Waals surface area contributed by atoms with Crippen LogP contribution in [0.1, 0.15) is 17.5 Å². The van der Waals surface area contributed by atoms with E-state index in [1.165, 1.54) is 0 Å². The average Bonchev–Trinajstić information content (AvgIpc) is 2.86. The number of nitrogens with zero attached hydrogens (tertiary/aromatic N) is 2. The molecule has 4 heteroatoms. The van der Waals surface area contributed by atoms with Crippen molar-refractivity contribution < 1.29 is 9.84 Å². The van der Waals surface area contributed by atoms with Gasteiger partial charge in [-0.15, -0.1) is 0 Å². The van der Waals surface area contributed by atoms with Gasteiger partial charge in [0.2, 0.25) is 0 Å². The van der Waals surface area contributed by atoms with Crippen molar-refractivity contribution in [2.24, 2.45) is 0 Å². The van der Waals surface area contributed by atoms with Crippen LogP contribution < -0.4 is 4.74 Å². The van der Waals surface area contributed by atoms with Gasteiger partial charge in [0.05, 0.1) is 13.2 Å². The van der Waals surface area contributed by atoms with Crippen LogP contribution in [0, 0.1) is 0 Å². The van der Waals surface area contributed by atoms with Crippen molar-refractivity contribution >= 4 is 6.20 Å². The van der Waals surface area contributed by atoms with Gasteiger partial charge in [0.15, 0.2) is 0 Å². The molecule has 0 bridgehead atoms. The van der Waals surface area contributed by atoms with Crippen molar-refractivity contribution in [3.63, 3.8) is 0 Å². The van der Waals surface area contributed by atoms with Gasteiger partial charge >= 0.3 is 0 Å². The highest BCUT2D eigenvalue weighted by Gasteiger charge is 2.11. The van der Waals surface area contributed by atoms with Crippen molar-refractivity contribution in [2.45, 2.75) is 12.5 Å². The van der Waals surface area contributed by atoms with Crippen molar-refractivity contribution in [3.05, 3.63) is 54.6 Å². The highest BCUT2D eigenvalue weighted by atomic mass is 16.5. The van der Waals surface area contributed by atoms with Gasteiger partial charge in [-0.05, 0) is 17.7 Å². The quantitative estimate of drug-likeness (QED) is 0.877. The van der Waals surface area contributed by atoms with Gasteiger partial charge < -0.3 is 14.4 Å². The molecule has 94 valence electrons. The SMILES string of the molecule is C=Cn1ccnc1C[C@H](O)c1ccc(OC)cc1. The molecule has 0 aliphatic heterocycles. The fourth-order valence-corrected chi connectivity index (χ4v) is 1.79. The molecular formula is C14H16N2O2. The van der Waals surface area contributed by atoms with E-state index in [0.29, 0.717) is 6.42 Å². The van der Waals surface area contributed by atoms with Crippen LogP contribution in [0.15, 0.2) is 43.2 Å². The molecule has 0 saturated carbocycles. The third-order valence-corrected chi connectivity index (χ3v) is 2.82. The second-order valence-corrected chi connectivity index (χ2v) is 3.93. The van der Waals surface area contributed by atoms with Crippen LogP contribution in [-0.4, -0.2) is 21.8 Å². The van der Waals surface area contributed by atoms with E-state index in [-0.39, 0.29) is 0 Å². The highest BCUT2D eigenvalue weighted by molar-refractivity contribution is 5.29. The minimum Gasteiger partial charge on any atom is -0.497 e. The summed E-state index contributed by atoms with van der Waals surface area (Å²) >= 11 is 0. The molecule has 0 saturated heterocycles. The molecular weight excluding hydrogens is 228 g/mol. The number of aliphatic hydroxyl groups is 1.